The van der Waals surface area contributed by atoms with Gasteiger partial charge in [-0.25, -0.2) is 0 Å². The SMILES string of the molecule is CC(NC1CCCCNC1=O)c1cc2cc(Br)ccc2o1. The van der Waals surface area contributed by atoms with E-state index in [2.05, 4.69) is 26.6 Å². The number of hydrogen-bond donors (Lipinski definition) is 2. The Labute approximate surface area is 132 Å². The fourth-order valence-electron chi connectivity index (χ4n) is 2.73. The van der Waals surface area contributed by atoms with Gasteiger partial charge in [0.1, 0.15) is 11.3 Å². The van der Waals surface area contributed by atoms with Gasteiger partial charge < -0.3 is 9.73 Å². The molecular weight excluding hydrogens is 332 g/mol. The summed E-state index contributed by atoms with van der Waals surface area (Å²) in [6.07, 6.45) is 3.00. The molecule has 2 heterocycles. The Kier molecular flexibility index (Phi) is 4.31. The summed E-state index contributed by atoms with van der Waals surface area (Å²) in [6.45, 7) is 2.81. The zero-order valence-corrected chi connectivity index (χ0v) is 13.6. The summed E-state index contributed by atoms with van der Waals surface area (Å²) in [6, 6.07) is 7.85. The maximum absolute atomic E-state index is 12.0. The van der Waals surface area contributed by atoms with Crippen LogP contribution in [-0.4, -0.2) is 18.5 Å². The molecule has 0 radical (unpaired) electrons. The van der Waals surface area contributed by atoms with E-state index in [1.54, 1.807) is 0 Å². The van der Waals surface area contributed by atoms with Crippen molar-refractivity contribution in [1.29, 1.82) is 0 Å². The minimum absolute atomic E-state index is 0.00465. The molecule has 1 aromatic carbocycles. The fraction of sp³-hybridized carbons (Fsp3) is 0.438. The molecule has 0 spiro atoms. The average Bonchev–Trinajstić information content (AvgIpc) is 2.78. The van der Waals surface area contributed by atoms with E-state index in [4.69, 9.17) is 4.42 Å². The van der Waals surface area contributed by atoms with Crippen LogP contribution in [-0.2, 0) is 4.79 Å². The van der Waals surface area contributed by atoms with Crippen molar-refractivity contribution in [2.24, 2.45) is 0 Å². The molecule has 1 aromatic heterocycles. The molecular formula is C16H19BrN2O2. The molecule has 21 heavy (non-hydrogen) atoms. The quantitative estimate of drug-likeness (QED) is 0.890. The van der Waals surface area contributed by atoms with Crippen LogP contribution in [0.4, 0.5) is 0 Å². The Hall–Kier alpha value is -1.33. The van der Waals surface area contributed by atoms with E-state index in [1.807, 2.05) is 31.2 Å². The van der Waals surface area contributed by atoms with Gasteiger partial charge in [0.2, 0.25) is 5.91 Å². The van der Waals surface area contributed by atoms with Gasteiger partial charge in [-0.2, -0.15) is 0 Å². The highest BCUT2D eigenvalue weighted by Crippen LogP contribution is 2.27. The Morgan fingerprint density at radius 2 is 2.24 bits per heavy atom. The van der Waals surface area contributed by atoms with Crippen molar-refractivity contribution in [3.8, 4) is 0 Å². The summed E-state index contributed by atoms with van der Waals surface area (Å²) in [7, 11) is 0. The molecule has 112 valence electrons. The summed E-state index contributed by atoms with van der Waals surface area (Å²) in [5, 5.41) is 7.40. The van der Waals surface area contributed by atoms with Gasteiger partial charge in [-0.1, -0.05) is 15.9 Å². The van der Waals surface area contributed by atoms with Gasteiger partial charge in [-0.3, -0.25) is 10.1 Å². The van der Waals surface area contributed by atoms with Crippen molar-refractivity contribution in [1.82, 2.24) is 10.6 Å². The molecule has 0 aliphatic carbocycles. The largest absolute Gasteiger partial charge is 0.459 e. The number of carbonyl (C=O) groups excluding carboxylic acids is 1. The van der Waals surface area contributed by atoms with E-state index in [0.717, 1.165) is 47.0 Å². The van der Waals surface area contributed by atoms with Crippen molar-refractivity contribution >= 4 is 32.8 Å². The van der Waals surface area contributed by atoms with Crippen LogP contribution in [0.5, 0.6) is 0 Å². The highest BCUT2D eigenvalue weighted by molar-refractivity contribution is 9.10. The maximum atomic E-state index is 12.0. The summed E-state index contributed by atoms with van der Waals surface area (Å²) in [5.74, 6) is 0.957. The molecule has 0 bridgehead atoms. The minimum atomic E-state index is -0.137. The van der Waals surface area contributed by atoms with Gasteiger partial charge in [0, 0.05) is 16.4 Å². The third-order valence-electron chi connectivity index (χ3n) is 3.91. The van der Waals surface area contributed by atoms with E-state index in [1.165, 1.54) is 0 Å². The summed E-state index contributed by atoms with van der Waals surface area (Å²) in [5.41, 5.74) is 0.868. The third kappa shape index (κ3) is 3.30. The van der Waals surface area contributed by atoms with E-state index in [-0.39, 0.29) is 18.0 Å². The monoisotopic (exact) mass is 350 g/mol. The molecule has 2 aromatic rings. The topological polar surface area (TPSA) is 54.3 Å². The van der Waals surface area contributed by atoms with E-state index >= 15 is 0 Å². The molecule has 2 unspecified atom stereocenters. The van der Waals surface area contributed by atoms with Crippen LogP contribution in [0.1, 0.15) is 38.0 Å². The fourth-order valence-corrected chi connectivity index (χ4v) is 3.11. The lowest BCUT2D eigenvalue weighted by molar-refractivity contribution is -0.123. The Bertz CT molecular complexity index is 653. The van der Waals surface area contributed by atoms with E-state index < -0.39 is 0 Å². The number of amides is 1. The number of rotatable bonds is 3. The summed E-state index contributed by atoms with van der Waals surface area (Å²) in [4.78, 5) is 12.0. The summed E-state index contributed by atoms with van der Waals surface area (Å²) >= 11 is 3.46. The molecule has 1 fully saturated rings. The van der Waals surface area contributed by atoms with Crippen LogP contribution in [0, 0.1) is 0 Å². The molecule has 5 heteroatoms. The molecule has 3 rings (SSSR count). The van der Waals surface area contributed by atoms with Gasteiger partial charge in [-0.15, -0.1) is 0 Å². The van der Waals surface area contributed by atoms with Crippen molar-refractivity contribution in [2.45, 2.75) is 38.3 Å². The standard InChI is InChI=1S/C16H19BrN2O2/c1-10(19-13-4-2-3-7-18-16(13)20)15-9-11-8-12(17)5-6-14(11)21-15/h5-6,8-10,13,19H,2-4,7H2,1H3,(H,18,20). The van der Waals surface area contributed by atoms with Crippen LogP contribution < -0.4 is 10.6 Å². The third-order valence-corrected chi connectivity index (χ3v) is 4.40. The molecule has 1 saturated heterocycles. The lowest BCUT2D eigenvalue weighted by atomic mass is 10.1. The molecule has 1 aliphatic heterocycles. The van der Waals surface area contributed by atoms with Crippen molar-refractivity contribution in [2.75, 3.05) is 6.54 Å². The highest BCUT2D eigenvalue weighted by Gasteiger charge is 2.23. The van der Waals surface area contributed by atoms with Crippen molar-refractivity contribution in [3.05, 3.63) is 34.5 Å². The van der Waals surface area contributed by atoms with Crippen LogP contribution >= 0.6 is 15.9 Å². The van der Waals surface area contributed by atoms with Crippen molar-refractivity contribution in [3.63, 3.8) is 0 Å². The van der Waals surface area contributed by atoms with Crippen LogP contribution in [0.3, 0.4) is 0 Å². The van der Waals surface area contributed by atoms with Crippen LogP contribution in [0.25, 0.3) is 11.0 Å². The molecule has 1 amide bonds. The first-order valence-corrected chi connectivity index (χ1v) is 8.15. The molecule has 1 aliphatic rings. The second-order valence-corrected chi connectivity index (χ2v) is 6.47. The normalized spacial score (nSPS) is 21.0. The van der Waals surface area contributed by atoms with E-state index in [0.29, 0.717) is 0 Å². The molecule has 2 atom stereocenters. The Morgan fingerprint density at radius 3 is 3.10 bits per heavy atom. The smallest absolute Gasteiger partial charge is 0.237 e. The lowest BCUT2D eigenvalue weighted by Crippen LogP contribution is -2.43. The zero-order chi connectivity index (χ0) is 14.8. The predicted molar refractivity (Wildman–Crippen MR) is 86.1 cm³/mol. The minimum Gasteiger partial charge on any atom is -0.459 e. The Balaban J connectivity index is 1.76. The van der Waals surface area contributed by atoms with Crippen LogP contribution in [0.15, 0.2) is 33.2 Å². The first-order valence-electron chi connectivity index (χ1n) is 7.36. The number of benzene rings is 1. The number of furan rings is 1. The number of carbonyl (C=O) groups is 1. The second kappa shape index (κ2) is 6.20. The van der Waals surface area contributed by atoms with Gasteiger partial charge in [0.15, 0.2) is 0 Å². The maximum Gasteiger partial charge on any atom is 0.237 e. The first kappa shape index (κ1) is 14.6. The molecule has 0 saturated carbocycles. The molecule has 2 N–H and O–H groups in total. The Morgan fingerprint density at radius 1 is 1.38 bits per heavy atom. The number of hydrogen-bond acceptors (Lipinski definition) is 3. The lowest BCUT2D eigenvalue weighted by Gasteiger charge is -2.19. The van der Waals surface area contributed by atoms with Crippen LogP contribution in [0.2, 0.25) is 0 Å². The number of nitrogens with one attached hydrogen (secondary N) is 2. The van der Waals surface area contributed by atoms with Gasteiger partial charge >= 0.3 is 0 Å². The number of fused-ring (bicyclic) bond motifs is 1. The first-order chi connectivity index (χ1) is 10.1. The predicted octanol–water partition coefficient (Wildman–Crippen LogP) is 3.51. The highest BCUT2D eigenvalue weighted by atomic mass is 79.9. The summed E-state index contributed by atoms with van der Waals surface area (Å²) < 4.78 is 6.91. The van der Waals surface area contributed by atoms with E-state index in [9.17, 15) is 4.79 Å². The molecule has 4 nitrogen and oxygen atoms in total. The van der Waals surface area contributed by atoms with Gasteiger partial charge in [-0.05, 0) is 50.5 Å². The van der Waals surface area contributed by atoms with Crippen molar-refractivity contribution < 1.29 is 9.21 Å². The van der Waals surface area contributed by atoms with Gasteiger partial charge in [0.25, 0.3) is 0 Å². The average molecular weight is 351 g/mol. The van der Waals surface area contributed by atoms with Gasteiger partial charge in [0.05, 0.1) is 12.1 Å². The zero-order valence-electron chi connectivity index (χ0n) is 12.0. The number of halogens is 1. The second-order valence-electron chi connectivity index (χ2n) is 5.56.